The number of benzene rings is 2. The molecule has 0 bridgehead atoms. The maximum atomic E-state index is 10.1. The molecular weight excluding hydrogens is 452 g/mol. The molecular formula is C14H10Br2N2O2S2. The van der Waals surface area contributed by atoms with Crippen molar-refractivity contribution in [2.45, 2.75) is 4.99 Å². The number of halogens is 2. The molecule has 0 amide bonds. The van der Waals surface area contributed by atoms with Crippen molar-refractivity contribution in [3.05, 3.63) is 56.5 Å². The average Bonchev–Trinajstić information content (AvgIpc) is 2.81. The highest BCUT2D eigenvalue weighted by Gasteiger charge is 2.37. The topological polar surface area (TPSA) is 78.8 Å². The van der Waals surface area contributed by atoms with Gasteiger partial charge in [-0.05, 0) is 58.0 Å². The van der Waals surface area contributed by atoms with Crippen LogP contribution in [-0.2, 0) is 4.99 Å². The van der Waals surface area contributed by atoms with Crippen molar-refractivity contribution in [2.24, 2.45) is 10.7 Å². The minimum Gasteiger partial charge on any atom is -0.507 e. The summed E-state index contributed by atoms with van der Waals surface area (Å²) in [6.07, 6.45) is 0. The van der Waals surface area contributed by atoms with E-state index in [9.17, 15) is 10.2 Å². The number of rotatable bonds is 2. The first kappa shape index (κ1) is 16.2. The summed E-state index contributed by atoms with van der Waals surface area (Å²) in [5.74, 6) is 0.209. The van der Waals surface area contributed by atoms with Crippen molar-refractivity contribution in [2.75, 3.05) is 0 Å². The third-order valence-electron chi connectivity index (χ3n) is 3.05. The smallest absolute Gasteiger partial charge is 0.196 e. The molecule has 0 aliphatic carbocycles. The molecule has 1 aliphatic heterocycles. The van der Waals surface area contributed by atoms with E-state index in [0.717, 1.165) is 8.95 Å². The molecule has 0 fully saturated rings. The Bertz CT molecular complexity index is 785. The van der Waals surface area contributed by atoms with Gasteiger partial charge in [0.1, 0.15) is 16.5 Å². The largest absolute Gasteiger partial charge is 0.507 e. The van der Waals surface area contributed by atoms with Crippen LogP contribution in [0.4, 0.5) is 0 Å². The van der Waals surface area contributed by atoms with E-state index in [1.54, 1.807) is 30.3 Å². The van der Waals surface area contributed by atoms with Crippen molar-refractivity contribution in [1.82, 2.24) is 0 Å². The Labute approximate surface area is 151 Å². The maximum Gasteiger partial charge on any atom is 0.196 e. The molecule has 4 N–H and O–H groups in total. The van der Waals surface area contributed by atoms with E-state index in [2.05, 4.69) is 36.9 Å². The fraction of sp³-hybridized carbons (Fsp3) is 0.0714. The monoisotopic (exact) mass is 460 g/mol. The van der Waals surface area contributed by atoms with Gasteiger partial charge in [-0.1, -0.05) is 31.9 Å². The molecule has 2 aromatic carbocycles. The highest BCUT2D eigenvalue weighted by atomic mass is 79.9. The Kier molecular flexibility index (Phi) is 4.48. The Balaban J connectivity index is 2.02. The SMILES string of the molecule is NC1(c2ccc(Br)cc2O)N=C(c2ccc(Br)cc2O)SS1. The number of aliphatic imine (C=N–C) groups is 1. The predicted molar refractivity (Wildman–Crippen MR) is 99.2 cm³/mol. The van der Waals surface area contributed by atoms with E-state index in [0.29, 0.717) is 16.2 Å². The zero-order chi connectivity index (χ0) is 15.9. The standard InChI is InChI=1S/C14H10Br2N2O2S2/c15-7-1-3-9(11(19)5-7)13-18-14(17,22-21-13)10-4-2-8(16)6-12(10)20/h1-6,19-20H,17H2. The number of hydrogen-bond donors (Lipinski definition) is 3. The molecule has 1 unspecified atom stereocenters. The molecule has 0 spiro atoms. The minimum atomic E-state index is -1.09. The molecule has 0 saturated carbocycles. The van der Waals surface area contributed by atoms with Crippen LogP contribution in [-0.4, -0.2) is 15.3 Å². The van der Waals surface area contributed by atoms with E-state index < -0.39 is 4.99 Å². The quantitative estimate of drug-likeness (QED) is 0.572. The highest BCUT2D eigenvalue weighted by molar-refractivity contribution is 9.10. The lowest BCUT2D eigenvalue weighted by atomic mass is 10.1. The lowest BCUT2D eigenvalue weighted by Gasteiger charge is -2.20. The van der Waals surface area contributed by atoms with Crippen LogP contribution in [0.1, 0.15) is 11.1 Å². The molecule has 22 heavy (non-hydrogen) atoms. The summed E-state index contributed by atoms with van der Waals surface area (Å²) in [6, 6.07) is 10.3. The molecule has 2 aromatic rings. The molecule has 114 valence electrons. The summed E-state index contributed by atoms with van der Waals surface area (Å²) in [7, 11) is 2.70. The Morgan fingerprint density at radius 2 is 1.64 bits per heavy atom. The number of nitrogens with zero attached hydrogens (tertiary/aromatic N) is 1. The molecule has 0 aromatic heterocycles. The number of nitrogens with two attached hydrogens (primary N) is 1. The average molecular weight is 462 g/mol. The van der Waals surface area contributed by atoms with E-state index in [1.165, 1.54) is 21.6 Å². The van der Waals surface area contributed by atoms with E-state index >= 15 is 0 Å². The summed E-state index contributed by atoms with van der Waals surface area (Å²) in [5.41, 5.74) is 7.47. The van der Waals surface area contributed by atoms with Gasteiger partial charge in [0, 0.05) is 20.1 Å². The van der Waals surface area contributed by atoms with Gasteiger partial charge >= 0.3 is 0 Å². The van der Waals surface area contributed by atoms with Gasteiger partial charge in [-0.15, -0.1) is 0 Å². The minimum absolute atomic E-state index is 0.0787. The lowest BCUT2D eigenvalue weighted by molar-refractivity contribution is 0.458. The van der Waals surface area contributed by atoms with Gasteiger partial charge in [-0.3, -0.25) is 5.73 Å². The number of hydrogen-bond acceptors (Lipinski definition) is 6. The molecule has 1 atom stereocenters. The van der Waals surface area contributed by atoms with Gasteiger partial charge in [-0.2, -0.15) is 0 Å². The first-order valence-corrected chi connectivity index (χ1v) is 9.85. The summed E-state index contributed by atoms with van der Waals surface area (Å²) in [5, 5.41) is 20.8. The van der Waals surface area contributed by atoms with Crippen LogP contribution in [0.5, 0.6) is 11.5 Å². The third kappa shape index (κ3) is 3.03. The zero-order valence-electron chi connectivity index (χ0n) is 11.0. The predicted octanol–water partition coefficient (Wildman–Crippen LogP) is 4.53. The molecule has 1 heterocycles. The van der Waals surface area contributed by atoms with Crippen LogP contribution >= 0.6 is 53.4 Å². The molecule has 3 rings (SSSR count). The first-order valence-electron chi connectivity index (χ1n) is 6.11. The van der Waals surface area contributed by atoms with Crippen molar-refractivity contribution in [3.63, 3.8) is 0 Å². The summed E-state index contributed by atoms with van der Waals surface area (Å²) < 4.78 is 1.55. The van der Waals surface area contributed by atoms with Gasteiger partial charge in [-0.25, -0.2) is 4.99 Å². The molecule has 8 heteroatoms. The van der Waals surface area contributed by atoms with Crippen LogP contribution < -0.4 is 5.73 Å². The third-order valence-corrected chi connectivity index (χ3v) is 6.64. The molecule has 4 nitrogen and oxygen atoms in total. The van der Waals surface area contributed by atoms with E-state index in [-0.39, 0.29) is 11.5 Å². The van der Waals surface area contributed by atoms with Crippen molar-refractivity contribution >= 4 is 58.5 Å². The Morgan fingerprint density at radius 3 is 2.27 bits per heavy atom. The molecule has 1 aliphatic rings. The highest BCUT2D eigenvalue weighted by Crippen LogP contribution is 2.52. The second kappa shape index (κ2) is 6.09. The van der Waals surface area contributed by atoms with Crippen molar-refractivity contribution < 1.29 is 10.2 Å². The van der Waals surface area contributed by atoms with Crippen LogP contribution in [0.3, 0.4) is 0 Å². The van der Waals surface area contributed by atoms with E-state index in [4.69, 9.17) is 5.73 Å². The van der Waals surface area contributed by atoms with Gasteiger partial charge in [0.05, 0.1) is 0 Å². The van der Waals surface area contributed by atoms with Gasteiger partial charge in [0.25, 0.3) is 0 Å². The summed E-state index contributed by atoms with van der Waals surface area (Å²) in [4.78, 5) is 3.42. The number of aromatic hydroxyl groups is 2. The Morgan fingerprint density at radius 1 is 1.00 bits per heavy atom. The normalized spacial score (nSPS) is 21.0. The van der Waals surface area contributed by atoms with Crippen molar-refractivity contribution in [1.29, 1.82) is 0 Å². The maximum absolute atomic E-state index is 10.1. The van der Waals surface area contributed by atoms with Crippen LogP contribution in [0.25, 0.3) is 0 Å². The molecule has 0 radical (unpaired) electrons. The fourth-order valence-corrected chi connectivity index (χ4v) is 5.17. The Hall–Kier alpha value is -0.670. The van der Waals surface area contributed by atoms with E-state index in [1.807, 2.05) is 6.07 Å². The number of phenols is 2. The summed E-state index contributed by atoms with van der Waals surface area (Å²) in [6.45, 7) is 0. The summed E-state index contributed by atoms with van der Waals surface area (Å²) >= 11 is 6.61. The van der Waals surface area contributed by atoms with Crippen LogP contribution in [0.15, 0.2) is 50.3 Å². The zero-order valence-corrected chi connectivity index (χ0v) is 15.8. The second-order valence-electron chi connectivity index (χ2n) is 4.60. The van der Waals surface area contributed by atoms with Crippen LogP contribution in [0, 0.1) is 0 Å². The van der Waals surface area contributed by atoms with Crippen LogP contribution in [0.2, 0.25) is 0 Å². The van der Waals surface area contributed by atoms with Gasteiger partial charge in [0.2, 0.25) is 0 Å². The van der Waals surface area contributed by atoms with Gasteiger partial charge in [0.15, 0.2) is 4.99 Å². The lowest BCUT2D eigenvalue weighted by Crippen LogP contribution is -2.28. The molecule has 0 saturated heterocycles. The first-order chi connectivity index (χ1) is 10.4. The number of phenolic OH excluding ortho intramolecular Hbond substituents is 2. The van der Waals surface area contributed by atoms with Gasteiger partial charge < -0.3 is 10.2 Å². The second-order valence-corrected chi connectivity index (χ2v) is 8.78. The fourth-order valence-electron chi connectivity index (χ4n) is 1.99. The van der Waals surface area contributed by atoms with Crippen molar-refractivity contribution in [3.8, 4) is 11.5 Å².